The maximum absolute atomic E-state index is 14.0. The van der Waals surface area contributed by atoms with Crippen LogP contribution in [0.2, 0.25) is 0 Å². The molecule has 7 heteroatoms. The molecule has 1 aromatic heterocycles. The Morgan fingerprint density at radius 2 is 2.24 bits per heavy atom. The number of carbonyl (C=O) groups is 1. The second-order valence-electron chi connectivity index (χ2n) is 4.40. The number of hydrogen-bond acceptors (Lipinski definition) is 5. The number of halogens is 1. The SMILES string of the molecule is COCCCOCc1c(C(=O)NN)sc2cccc(F)c12. The molecule has 0 fully saturated rings. The van der Waals surface area contributed by atoms with Gasteiger partial charge in [0.05, 0.1) is 6.61 Å². The summed E-state index contributed by atoms with van der Waals surface area (Å²) < 4.78 is 25.2. The number of thiophene rings is 1. The number of benzene rings is 1. The number of nitrogen functional groups attached to an aromatic ring is 1. The highest BCUT2D eigenvalue weighted by atomic mass is 32.1. The summed E-state index contributed by atoms with van der Waals surface area (Å²) in [5.41, 5.74) is 2.62. The molecule has 0 radical (unpaired) electrons. The van der Waals surface area contributed by atoms with Crippen LogP contribution in [-0.2, 0) is 16.1 Å². The second-order valence-corrected chi connectivity index (χ2v) is 5.45. The van der Waals surface area contributed by atoms with E-state index >= 15 is 0 Å². The van der Waals surface area contributed by atoms with Gasteiger partial charge in [0.25, 0.3) is 5.91 Å². The fraction of sp³-hybridized carbons (Fsp3) is 0.357. The molecule has 0 saturated heterocycles. The van der Waals surface area contributed by atoms with Gasteiger partial charge in [-0.2, -0.15) is 0 Å². The standard InChI is InChI=1S/C14H17FN2O3S/c1-19-6-3-7-20-8-9-12-10(15)4-2-5-11(12)21-13(9)14(18)17-16/h2,4-5H,3,6-8,16H2,1H3,(H,17,18). The molecule has 3 N–H and O–H groups in total. The number of rotatable bonds is 7. The minimum atomic E-state index is -0.439. The normalized spacial score (nSPS) is 11.0. The molecule has 1 heterocycles. The highest BCUT2D eigenvalue weighted by molar-refractivity contribution is 7.21. The van der Waals surface area contributed by atoms with Gasteiger partial charge < -0.3 is 9.47 Å². The van der Waals surface area contributed by atoms with Gasteiger partial charge in [0.15, 0.2) is 0 Å². The molecular formula is C14H17FN2O3S. The van der Waals surface area contributed by atoms with Crippen molar-refractivity contribution in [1.82, 2.24) is 5.43 Å². The van der Waals surface area contributed by atoms with E-state index in [4.69, 9.17) is 15.3 Å². The Labute approximate surface area is 125 Å². The lowest BCUT2D eigenvalue weighted by atomic mass is 10.1. The maximum Gasteiger partial charge on any atom is 0.275 e. The highest BCUT2D eigenvalue weighted by Gasteiger charge is 2.20. The fourth-order valence-corrected chi connectivity index (χ4v) is 3.16. The Hall–Kier alpha value is -1.54. The first kappa shape index (κ1) is 15.8. The average Bonchev–Trinajstić information content (AvgIpc) is 2.86. The predicted molar refractivity (Wildman–Crippen MR) is 79.6 cm³/mol. The summed E-state index contributed by atoms with van der Waals surface area (Å²) in [6.07, 6.45) is 0.736. The Morgan fingerprint density at radius 3 is 2.95 bits per heavy atom. The molecule has 21 heavy (non-hydrogen) atoms. The number of hydrazine groups is 1. The lowest BCUT2D eigenvalue weighted by Gasteiger charge is -2.06. The third kappa shape index (κ3) is 3.56. The molecule has 0 aliphatic rings. The van der Waals surface area contributed by atoms with Crippen LogP contribution >= 0.6 is 11.3 Å². The molecule has 0 aliphatic heterocycles. The summed E-state index contributed by atoms with van der Waals surface area (Å²) in [6, 6.07) is 4.75. The van der Waals surface area contributed by atoms with E-state index in [9.17, 15) is 9.18 Å². The summed E-state index contributed by atoms with van der Waals surface area (Å²) in [7, 11) is 1.62. The molecule has 1 amide bonds. The van der Waals surface area contributed by atoms with Gasteiger partial charge in [-0.15, -0.1) is 11.3 Å². The number of carbonyl (C=O) groups excluding carboxylic acids is 1. The third-order valence-electron chi connectivity index (χ3n) is 2.98. The molecule has 114 valence electrons. The van der Waals surface area contributed by atoms with E-state index < -0.39 is 5.91 Å². The minimum Gasteiger partial charge on any atom is -0.385 e. The van der Waals surface area contributed by atoms with Gasteiger partial charge in [-0.25, -0.2) is 10.2 Å². The number of ether oxygens (including phenoxy) is 2. The molecule has 0 atom stereocenters. The molecule has 5 nitrogen and oxygen atoms in total. The van der Waals surface area contributed by atoms with Crippen LogP contribution in [0.4, 0.5) is 4.39 Å². The smallest absolute Gasteiger partial charge is 0.275 e. The Balaban J connectivity index is 2.27. The lowest BCUT2D eigenvalue weighted by Crippen LogP contribution is -2.30. The van der Waals surface area contributed by atoms with Gasteiger partial charge in [-0.3, -0.25) is 10.2 Å². The molecule has 0 unspecified atom stereocenters. The van der Waals surface area contributed by atoms with Crippen LogP contribution in [0.5, 0.6) is 0 Å². The van der Waals surface area contributed by atoms with Gasteiger partial charge in [0.1, 0.15) is 10.7 Å². The molecule has 0 spiro atoms. The summed E-state index contributed by atoms with van der Waals surface area (Å²) in [6.45, 7) is 1.23. The number of fused-ring (bicyclic) bond motifs is 1. The number of methoxy groups -OCH3 is 1. The van der Waals surface area contributed by atoms with Crippen LogP contribution in [0.3, 0.4) is 0 Å². The van der Waals surface area contributed by atoms with Gasteiger partial charge in [0.2, 0.25) is 0 Å². The van der Waals surface area contributed by atoms with Crippen molar-refractivity contribution in [1.29, 1.82) is 0 Å². The quantitative estimate of drug-likeness (QED) is 0.356. The number of hydrogen-bond donors (Lipinski definition) is 2. The Kier molecular flexibility index (Phi) is 5.63. The van der Waals surface area contributed by atoms with E-state index in [-0.39, 0.29) is 12.4 Å². The van der Waals surface area contributed by atoms with Crippen molar-refractivity contribution in [3.63, 3.8) is 0 Å². The molecule has 0 aliphatic carbocycles. The van der Waals surface area contributed by atoms with E-state index in [1.807, 2.05) is 0 Å². The van der Waals surface area contributed by atoms with Crippen LogP contribution in [0, 0.1) is 5.82 Å². The van der Waals surface area contributed by atoms with E-state index in [0.29, 0.717) is 33.7 Å². The van der Waals surface area contributed by atoms with Crippen LogP contribution in [-0.4, -0.2) is 26.2 Å². The van der Waals surface area contributed by atoms with Crippen molar-refractivity contribution < 1.29 is 18.7 Å². The second kappa shape index (κ2) is 7.46. The fourth-order valence-electron chi connectivity index (χ4n) is 2.03. The number of amides is 1. The van der Waals surface area contributed by atoms with Crippen LogP contribution in [0.1, 0.15) is 21.7 Å². The Bertz CT molecular complexity index is 630. The Morgan fingerprint density at radius 1 is 1.43 bits per heavy atom. The molecule has 2 rings (SSSR count). The van der Waals surface area contributed by atoms with Crippen LogP contribution in [0.15, 0.2) is 18.2 Å². The number of nitrogens with one attached hydrogen (secondary N) is 1. The van der Waals surface area contributed by atoms with Crippen molar-refractivity contribution in [3.05, 3.63) is 34.5 Å². The molecule has 1 aromatic carbocycles. The summed E-state index contributed by atoms with van der Waals surface area (Å²) in [5.74, 6) is 4.38. The molecule has 0 saturated carbocycles. The molecular weight excluding hydrogens is 295 g/mol. The zero-order chi connectivity index (χ0) is 15.2. The summed E-state index contributed by atoms with van der Waals surface area (Å²) in [5, 5.41) is 0.424. The van der Waals surface area contributed by atoms with Crippen LogP contribution in [0.25, 0.3) is 10.1 Å². The average molecular weight is 312 g/mol. The first-order valence-electron chi connectivity index (χ1n) is 6.46. The maximum atomic E-state index is 14.0. The zero-order valence-electron chi connectivity index (χ0n) is 11.6. The minimum absolute atomic E-state index is 0.160. The van der Waals surface area contributed by atoms with Gasteiger partial charge in [-0.1, -0.05) is 6.07 Å². The first-order chi connectivity index (χ1) is 10.2. The largest absolute Gasteiger partial charge is 0.385 e. The van der Waals surface area contributed by atoms with Crippen molar-refractivity contribution in [2.75, 3.05) is 20.3 Å². The van der Waals surface area contributed by atoms with Crippen molar-refractivity contribution in [2.45, 2.75) is 13.0 Å². The highest BCUT2D eigenvalue weighted by Crippen LogP contribution is 2.33. The monoisotopic (exact) mass is 312 g/mol. The van der Waals surface area contributed by atoms with Crippen molar-refractivity contribution in [3.8, 4) is 0 Å². The van der Waals surface area contributed by atoms with Gasteiger partial charge >= 0.3 is 0 Å². The van der Waals surface area contributed by atoms with Gasteiger partial charge in [0, 0.05) is 36.0 Å². The predicted octanol–water partition coefficient (Wildman–Crippen LogP) is 2.20. The zero-order valence-corrected chi connectivity index (χ0v) is 12.5. The van der Waals surface area contributed by atoms with E-state index in [1.54, 1.807) is 19.2 Å². The van der Waals surface area contributed by atoms with Crippen molar-refractivity contribution >= 4 is 27.3 Å². The molecule has 2 aromatic rings. The van der Waals surface area contributed by atoms with Crippen molar-refractivity contribution in [2.24, 2.45) is 5.84 Å². The summed E-state index contributed by atoms with van der Waals surface area (Å²) in [4.78, 5) is 12.2. The topological polar surface area (TPSA) is 73.6 Å². The van der Waals surface area contributed by atoms with E-state index in [2.05, 4.69) is 5.43 Å². The lowest BCUT2D eigenvalue weighted by molar-refractivity contribution is 0.0895. The van der Waals surface area contributed by atoms with Gasteiger partial charge in [-0.05, 0) is 18.6 Å². The van der Waals surface area contributed by atoms with Crippen LogP contribution < -0.4 is 11.3 Å². The van der Waals surface area contributed by atoms with E-state index in [0.717, 1.165) is 6.42 Å². The third-order valence-corrected chi connectivity index (χ3v) is 4.18. The van der Waals surface area contributed by atoms with E-state index in [1.165, 1.54) is 17.4 Å². The summed E-state index contributed by atoms with van der Waals surface area (Å²) >= 11 is 1.20. The number of nitrogens with two attached hydrogens (primary N) is 1. The molecule has 0 bridgehead atoms. The first-order valence-corrected chi connectivity index (χ1v) is 7.28.